The summed E-state index contributed by atoms with van der Waals surface area (Å²) < 4.78 is 5.52. The smallest absolute Gasteiger partial charge is 0.316 e. The molecule has 30 heavy (non-hydrogen) atoms. The van der Waals surface area contributed by atoms with Gasteiger partial charge in [0.25, 0.3) is 0 Å². The van der Waals surface area contributed by atoms with Gasteiger partial charge in [0.1, 0.15) is 5.75 Å². The third-order valence-electron chi connectivity index (χ3n) is 5.22. The topological polar surface area (TPSA) is 70.4 Å². The summed E-state index contributed by atoms with van der Waals surface area (Å²) >= 11 is 0. The van der Waals surface area contributed by atoms with Crippen LogP contribution in [0.25, 0.3) is 11.1 Å². The maximum Gasteiger partial charge on any atom is 0.316 e. The number of carbonyl (C=O) groups excluding carboxylic acids is 2. The van der Waals surface area contributed by atoms with Crippen molar-refractivity contribution >= 4 is 17.6 Å². The van der Waals surface area contributed by atoms with Crippen molar-refractivity contribution in [2.45, 2.75) is 13.3 Å². The third kappa shape index (κ3) is 4.08. The summed E-state index contributed by atoms with van der Waals surface area (Å²) in [4.78, 5) is 26.6. The fourth-order valence-corrected chi connectivity index (χ4v) is 3.49. The fraction of sp³-hybridized carbons (Fsp3) is 0.160. The van der Waals surface area contributed by atoms with Crippen LogP contribution in [0.2, 0.25) is 0 Å². The first kappa shape index (κ1) is 19.4. The Bertz CT molecular complexity index is 1110. The Labute approximate surface area is 175 Å². The molecule has 4 rings (SSSR count). The van der Waals surface area contributed by atoms with Gasteiger partial charge in [0.2, 0.25) is 5.91 Å². The summed E-state index contributed by atoms with van der Waals surface area (Å²) in [5.41, 5.74) is 4.46. The minimum atomic E-state index is -0.489. The molecule has 0 unspecified atom stereocenters. The molecule has 1 heterocycles. The number of amides is 1. The van der Waals surface area contributed by atoms with E-state index in [-0.39, 0.29) is 12.3 Å². The Morgan fingerprint density at radius 3 is 2.17 bits per heavy atom. The van der Waals surface area contributed by atoms with Crippen molar-refractivity contribution in [1.82, 2.24) is 0 Å². The largest absolute Gasteiger partial charge is 0.426 e. The molecule has 0 bridgehead atoms. The van der Waals surface area contributed by atoms with Crippen molar-refractivity contribution < 1.29 is 14.3 Å². The van der Waals surface area contributed by atoms with E-state index >= 15 is 0 Å². The van der Waals surface area contributed by atoms with Crippen LogP contribution in [0.4, 0.5) is 5.69 Å². The van der Waals surface area contributed by atoms with Gasteiger partial charge >= 0.3 is 5.97 Å². The number of aryl methyl sites for hydroxylation is 1. The quantitative estimate of drug-likeness (QED) is 0.481. The molecular weight excluding hydrogens is 376 g/mol. The number of esters is 1. The van der Waals surface area contributed by atoms with Crippen molar-refractivity contribution in [3.8, 4) is 22.9 Å². The molecule has 1 fully saturated rings. The number of rotatable bonds is 4. The first-order valence-electron chi connectivity index (χ1n) is 9.73. The molecule has 0 aliphatic carbocycles. The number of benzene rings is 3. The van der Waals surface area contributed by atoms with Gasteiger partial charge in [-0.05, 0) is 54.4 Å². The lowest BCUT2D eigenvalue weighted by Crippen LogP contribution is -2.27. The minimum Gasteiger partial charge on any atom is -0.426 e. The molecule has 1 aliphatic heterocycles. The van der Waals surface area contributed by atoms with Crippen LogP contribution >= 0.6 is 0 Å². The van der Waals surface area contributed by atoms with Crippen molar-refractivity contribution in [2.75, 3.05) is 11.4 Å². The second kappa shape index (κ2) is 8.22. The molecule has 5 heteroatoms. The van der Waals surface area contributed by atoms with E-state index in [4.69, 9.17) is 10.00 Å². The van der Waals surface area contributed by atoms with Crippen LogP contribution in [0.15, 0.2) is 72.8 Å². The average molecular weight is 396 g/mol. The monoisotopic (exact) mass is 396 g/mol. The molecule has 1 amide bonds. The highest BCUT2D eigenvalue weighted by Crippen LogP contribution is 2.28. The molecule has 1 aliphatic rings. The SMILES string of the molecule is Cc1ccc(N2C[C@H](C(=O)Oc3ccc(-c4ccc(C#N)cc4)cc3)CC2=O)cc1. The Balaban J connectivity index is 1.40. The second-order valence-electron chi connectivity index (χ2n) is 7.38. The number of nitriles is 1. The summed E-state index contributed by atoms with van der Waals surface area (Å²) in [5.74, 6) is -0.517. The molecular formula is C25H20N2O3. The van der Waals surface area contributed by atoms with E-state index in [0.717, 1.165) is 22.4 Å². The molecule has 1 atom stereocenters. The Morgan fingerprint density at radius 1 is 0.967 bits per heavy atom. The van der Waals surface area contributed by atoms with E-state index in [0.29, 0.717) is 17.9 Å². The van der Waals surface area contributed by atoms with Crippen LogP contribution in [0.5, 0.6) is 5.75 Å². The molecule has 0 N–H and O–H groups in total. The molecule has 1 saturated heterocycles. The normalized spacial score (nSPS) is 15.7. The lowest BCUT2D eigenvalue weighted by atomic mass is 10.0. The number of ether oxygens (including phenoxy) is 1. The van der Waals surface area contributed by atoms with Gasteiger partial charge in [-0.2, -0.15) is 5.26 Å². The zero-order chi connectivity index (χ0) is 21.1. The molecule has 0 radical (unpaired) electrons. The molecule has 3 aromatic carbocycles. The van der Waals surface area contributed by atoms with Gasteiger partial charge in [-0.15, -0.1) is 0 Å². The van der Waals surface area contributed by atoms with Gasteiger partial charge in [0, 0.05) is 18.7 Å². The summed E-state index contributed by atoms with van der Waals surface area (Å²) in [6.07, 6.45) is 0.149. The van der Waals surface area contributed by atoms with Crippen molar-refractivity contribution in [2.24, 2.45) is 5.92 Å². The van der Waals surface area contributed by atoms with Gasteiger partial charge in [-0.25, -0.2) is 0 Å². The number of hydrogen-bond acceptors (Lipinski definition) is 4. The number of hydrogen-bond donors (Lipinski definition) is 0. The lowest BCUT2D eigenvalue weighted by molar-refractivity contribution is -0.139. The van der Waals surface area contributed by atoms with Crippen LogP contribution in [-0.2, 0) is 9.59 Å². The van der Waals surface area contributed by atoms with Gasteiger partial charge in [0.15, 0.2) is 0 Å². The number of anilines is 1. The van der Waals surface area contributed by atoms with Gasteiger partial charge in [-0.1, -0.05) is 42.0 Å². The number of nitrogens with zero attached hydrogens (tertiary/aromatic N) is 2. The zero-order valence-corrected chi connectivity index (χ0v) is 16.5. The highest BCUT2D eigenvalue weighted by Gasteiger charge is 2.36. The van der Waals surface area contributed by atoms with E-state index in [9.17, 15) is 9.59 Å². The van der Waals surface area contributed by atoms with Crippen LogP contribution in [0.3, 0.4) is 0 Å². The third-order valence-corrected chi connectivity index (χ3v) is 5.22. The summed E-state index contributed by atoms with van der Waals surface area (Å²) in [7, 11) is 0. The fourth-order valence-electron chi connectivity index (χ4n) is 3.49. The van der Waals surface area contributed by atoms with Crippen LogP contribution in [0, 0.1) is 24.2 Å². The Morgan fingerprint density at radius 2 is 1.57 bits per heavy atom. The number of carbonyl (C=O) groups is 2. The molecule has 5 nitrogen and oxygen atoms in total. The van der Waals surface area contributed by atoms with E-state index < -0.39 is 11.9 Å². The Kier molecular flexibility index (Phi) is 5.32. The van der Waals surface area contributed by atoms with Crippen molar-refractivity contribution in [1.29, 1.82) is 5.26 Å². The van der Waals surface area contributed by atoms with Crippen LogP contribution in [-0.4, -0.2) is 18.4 Å². The van der Waals surface area contributed by atoms with Gasteiger partial charge < -0.3 is 9.64 Å². The average Bonchev–Trinajstić information content (AvgIpc) is 3.17. The van der Waals surface area contributed by atoms with Crippen molar-refractivity contribution in [3.05, 3.63) is 83.9 Å². The van der Waals surface area contributed by atoms with E-state index in [1.54, 1.807) is 29.2 Å². The van der Waals surface area contributed by atoms with E-state index in [1.807, 2.05) is 55.5 Å². The maximum absolute atomic E-state index is 12.6. The highest BCUT2D eigenvalue weighted by atomic mass is 16.5. The summed E-state index contributed by atoms with van der Waals surface area (Å²) in [6, 6.07) is 24.3. The first-order chi connectivity index (χ1) is 14.5. The van der Waals surface area contributed by atoms with Crippen LogP contribution in [0.1, 0.15) is 17.5 Å². The first-order valence-corrected chi connectivity index (χ1v) is 9.73. The van der Waals surface area contributed by atoms with E-state index in [2.05, 4.69) is 6.07 Å². The Hall–Kier alpha value is -3.91. The standard InChI is InChI=1S/C25H20N2O3/c1-17-2-10-22(11-3-17)27-16-21(14-24(27)28)25(29)30-23-12-8-20(9-13-23)19-6-4-18(15-26)5-7-19/h2-13,21H,14,16H2,1H3/t21-/m1/s1. The predicted molar refractivity (Wildman–Crippen MR) is 114 cm³/mol. The van der Waals surface area contributed by atoms with Gasteiger partial charge in [0.05, 0.1) is 17.6 Å². The summed E-state index contributed by atoms with van der Waals surface area (Å²) in [6.45, 7) is 2.31. The molecule has 0 saturated carbocycles. The lowest BCUT2D eigenvalue weighted by Gasteiger charge is -2.16. The minimum absolute atomic E-state index is 0.0723. The zero-order valence-electron chi connectivity index (χ0n) is 16.5. The highest BCUT2D eigenvalue weighted by molar-refractivity contribution is 5.99. The van der Waals surface area contributed by atoms with Gasteiger partial charge in [-0.3, -0.25) is 9.59 Å². The van der Waals surface area contributed by atoms with E-state index in [1.165, 1.54) is 0 Å². The molecule has 0 spiro atoms. The summed E-state index contributed by atoms with van der Waals surface area (Å²) in [5, 5.41) is 8.90. The molecule has 148 valence electrons. The molecule has 3 aromatic rings. The molecule has 0 aromatic heterocycles. The van der Waals surface area contributed by atoms with Crippen molar-refractivity contribution in [3.63, 3.8) is 0 Å². The second-order valence-corrected chi connectivity index (χ2v) is 7.38. The maximum atomic E-state index is 12.6. The van der Waals surface area contributed by atoms with Crippen LogP contribution < -0.4 is 9.64 Å². The predicted octanol–water partition coefficient (Wildman–Crippen LogP) is 4.49.